The van der Waals surface area contributed by atoms with Crippen molar-refractivity contribution in [1.29, 1.82) is 0 Å². The van der Waals surface area contributed by atoms with E-state index in [1.165, 1.54) is 11.8 Å². The third-order valence-electron chi connectivity index (χ3n) is 5.82. The standard InChI is InChI=1S/C28H27N3O3/c1-16-7-13-24(19(4)14-16)31-27(33)25(21-9-11-22(12-10-21)29-20(5)32)26(28(31)34)30-23-15-17(2)6-8-18(23)3/h6-15,30H,1-5H3,(H,29,32). The van der Waals surface area contributed by atoms with Gasteiger partial charge in [0.05, 0.1) is 11.3 Å². The quantitative estimate of drug-likeness (QED) is 0.516. The zero-order valence-electron chi connectivity index (χ0n) is 19.9. The molecule has 1 aliphatic heterocycles. The van der Waals surface area contributed by atoms with E-state index < -0.39 is 11.8 Å². The smallest absolute Gasteiger partial charge is 0.282 e. The molecule has 0 spiro atoms. The topological polar surface area (TPSA) is 78.5 Å². The van der Waals surface area contributed by atoms with E-state index in [2.05, 4.69) is 10.6 Å². The summed E-state index contributed by atoms with van der Waals surface area (Å²) in [5.41, 5.74) is 6.95. The Kier molecular flexibility index (Phi) is 6.07. The van der Waals surface area contributed by atoms with Crippen molar-refractivity contribution in [2.45, 2.75) is 34.6 Å². The van der Waals surface area contributed by atoms with Crippen molar-refractivity contribution < 1.29 is 14.4 Å². The fraction of sp³-hybridized carbons (Fsp3) is 0.179. The molecule has 0 bridgehead atoms. The minimum atomic E-state index is -0.404. The molecule has 0 unspecified atom stereocenters. The maximum Gasteiger partial charge on any atom is 0.282 e. The second-order valence-electron chi connectivity index (χ2n) is 8.69. The SMILES string of the molecule is CC(=O)Nc1ccc(C2=C(Nc3cc(C)ccc3C)C(=O)N(c3ccc(C)cc3C)C2=O)cc1. The van der Waals surface area contributed by atoms with Gasteiger partial charge < -0.3 is 10.6 Å². The number of benzene rings is 3. The molecule has 0 atom stereocenters. The number of nitrogens with zero attached hydrogens (tertiary/aromatic N) is 1. The predicted octanol–water partition coefficient (Wildman–Crippen LogP) is 5.28. The maximum atomic E-state index is 13.7. The lowest BCUT2D eigenvalue weighted by Gasteiger charge is -2.18. The number of nitrogens with one attached hydrogen (secondary N) is 2. The zero-order chi connectivity index (χ0) is 24.6. The molecular weight excluding hydrogens is 426 g/mol. The van der Waals surface area contributed by atoms with Crippen LogP contribution >= 0.6 is 0 Å². The second kappa shape index (κ2) is 8.98. The lowest BCUT2D eigenvalue weighted by Crippen LogP contribution is -2.33. The summed E-state index contributed by atoms with van der Waals surface area (Å²) in [4.78, 5) is 40.0. The molecule has 0 radical (unpaired) electrons. The minimum Gasteiger partial charge on any atom is -0.350 e. The van der Waals surface area contributed by atoms with Crippen LogP contribution in [0.4, 0.5) is 17.1 Å². The first-order chi connectivity index (χ1) is 16.2. The Morgan fingerprint density at radius 1 is 0.765 bits per heavy atom. The highest BCUT2D eigenvalue weighted by Crippen LogP contribution is 2.36. The number of amides is 3. The van der Waals surface area contributed by atoms with Crippen LogP contribution in [0.25, 0.3) is 5.57 Å². The van der Waals surface area contributed by atoms with E-state index in [1.807, 2.05) is 58.0 Å². The van der Waals surface area contributed by atoms with E-state index in [0.717, 1.165) is 27.9 Å². The summed E-state index contributed by atoms with van der Waals surface area (Å²) in [6.45, 7) is 9.22. The summed E-state index contributed by atoms with van der Waals surface area (Å²) in [5, 5.41) is 5.98. The van der Waals surface area contributed by atoms with Crippen LogP contribution in [0.1, 0.15) is 34.7 Å². The summed E-state index contributed by atoms with van der Waals surface area (Å²) in [6.07, 6.45) is 0. The Labute approximate surface area is 199 Å². The summed E-state index contributed by atoms with van der Waals surface area (Å²) in [7, 11) is 0. The monoisotopic (exact) mass is 453 g/mol. The van der Waals surface area contributed by atoms with Gasteiger partial charge in [0.2, 0.25) is 5.91 Å². The van der Waals surface area contributed by atoms with Crippen molar-refractivity contribution in [1.82, 2.24) is 0 Å². The maximum absolute atomic E-state index is 13.7. The molecule has 172 valence electrons. The van der Waals surface area contributed by atoms with Gasteiger partial charge in [0.1, 0.15) is 5.70 Å². The number of carbonyl (C=O) groups excluding carboxylic acids is 3. The highest BCUT2D eigenvalue weighted by Gasteiger charge is 2.41. The van der Waals surface area contributed by atoms with Crippen LogP contribution in [0.5, 0.6) is 0 Å². The number of hydrogen-bond acceptors (Lipinski definition) is 4. The number of rotatable bonds is 5. The van der Waals surface area contributed by atoms with E-state index in [4.69, 9.17) is 0 Å². The number of hydrogen-bond donors (Lipinski definition) is 2. The van der Waals surface area contributed by atoms with Crippen LogP contribution in [0.3, 0.4) is 0 Å². The normalized spacial score (nSPS) is 13.5. The predicted molar refractivity (Wildman–Crippen MR) is 136 cm³/mol. The minimum absolute atomic E-state index is 0.183. The van der Waals surface area contributed by atoms with Crippen molar-refractivity contribution in [3.8, 4) is 0 Å². The average molecular weight is 454 g/mol. The fourth-order valence-electron chi connectivity index (χ4n) is 4.12. The third-order valence-corrected chi connectivity index (χ3v) is 5.82. The lowest BCUT2D eigenvalue weighted by atomic mass is 10.0. The summed E-state index contributed by atoms with van der Waals surface area (Å²) in [5.74, 6) is -0.979. The van der Waals surface area contributed by atoms with Gasteiger partial charge in [-0.2, -0.15) is 0 Å². The number of aryl methyl sites for hydroxylation is 4. The molecule has 0 aliphatic carbocycles. The van der Waals surface area contributed by atoms with Crippen molar-refractivity contribution in [3.63, 3.8) is 0 Å². The second-order valence-corrected chi connectivity index (χ2v) is 8.69. The van der Waals surface area contributed by atoms with Crippen LogP contribution in [-0.4, -0.2) is 17.7 Å². The van der Waals surface area contributed by atoms with Crippen molar-refractivity contribution >= 4 is 40.4 Å². The van der Waals surface area contributed by atoms with Crippen molar-refractivity contribution in [2.24, 2.45) is 0 Å². The van der Waals surface area contributed by atoms with Crippen LogP contribution in [0, 0.1) is 27.7 Å². The molecule has 0 saturated carbocycles. The summed E-state index contributed by atoms with van der Waals surface area (Å²) in [6, 6.07) is 18.5. The molecule has 6 nitrogen and oxygen atoms in total. The molecule has 1 heterocycles. The summed E-state index contributed by atoms with van der Waals surface area (Å²) >= 11 is 0. The van der Waals surface area contributed by atoms with Gasteiger partial charge in [-0.05, 0) is 74.2 Å². The molecule has 3 amide bonds. The molecular formula is C28H27N3O3. The van der Waals surface area contributed by atoms with Crippen LogP contribution in [0.15, 0.2) is 66.4 Å². The average Bonchev–Trinajstić information content (AvgIpc) is 3.01. The Hall–Kier alpha value is -4.19. The Bertz CT molecular complexity index is 1350. The van der Waals surface area contributed by atoms with Crippen LogP contribution < -0.4 is 15.5 Å². The molecule has 0 saturated heterocycles. The van der Waals surface area contributed by atoms with Gasteiger partial charge >= 0.3 is 0 Å². The fourth-order valence-corrected chi connectivity index (χ4v) is 4.12. The van der Waals surface area contributed by atoms with E-state index >= 15 is 0 Å². The lowest BCUT2D eigenvalue weighted by molar-refractivity contribution is -0.120. The highest BCUT2D eigenvalue weighted by atomic mass is 16.2. The van der Waals surface area contributed by atoms with E-state index in [9.17, 15) is 14.4 Å². The van der Waals surface area contributed by atoms with E-state index in [-0.39, 0.29) is 11.6 Å². The van der Waals surface area contributed by atoms with Crippen LogP contribution in [-0.2, 0) is 14.4 Å². The summed E-state index contributed by atoms with van der Waals surface area (Å²) < 4.78 is 0. The first kappa shape index (κ1) is 23.0. The van der Waals surface area contributed by atoms with Gasteiger partial charge in [0.25, 0.3) is 11.8 Å². The van der Waals surface area contributed by atoms with Gasteiger partial charge in [-0.3, -0.25) is 14.4 Å². The Balaban J connectivity index is 1.83. The van der Waals surface area contributed by atoms with Gasteiger partial charge in [-0.1, -0.05) is 42.0 Å². The largest absolute Gasteiger partial charge is 0.350 e. The molecule has 34 heavy (non-hydrogen) atoms. The molecule has 3 aromatic carbocycles. The van der Waals surface area contributed by atoms with Crippen molar-refractivity contribution in [2.75, 3.05) is 15.5 Å². The molecule has 2 N–H and O–H groups in total. The molecule has 1 aliphatic rings. The van der Waals surface area contributed by atoms with Gasteiger partial charge in [0, 0.05) is 18.3 Å². The Morgan fingerprint density at radius 3 is 2.06 bits per heavy atom. The first-order valence-corrected chi connectivity index (χ1v) is 11.1. The van der Waals surface area contributed by atoms with Gasteiger partial charge in [0.15, 0.2) is 0 Å². The van der Waals surface area contributed by atoms with E-state index in [1.54, 1.807) is 30.3 Å². The first-order valence-electron chi connectivity index (χ1n) is 11.1. The molecule has 6 heteroatoms. The zero-order valence-corrected chi connectivity index (χ0v) is 19.9. The van der Waals surface area contributed by atoms with Crippen LogP contribution in [0.2, 0.25) is 0 Å². The number of carbonyl (C=O) groups is 3. The van der Waals surface area contributed by atoms with Gasteiger partial charge in [-0.15, -0.1) is 0 Å². The van der Waals surface area contributed by atoms with E-state index in [0.29, 0.717) is 22.5 Å². The Morgan fingerprint density at radius 2 is 1.41 bits per heavy atom. The third kappa shape index (κ3) is 4.35. The molecule has 0 aromatic heterocycles. The highest BCUT2D eigenvalue weighted by molar-refractivity contribution is 6.46. The number of anilines is 3. The molecule has 0 fully saturated rings. The van der Waals surface area contributed by atoms with Crippen molar-refractivity contribution in [3.05, 3.63) is 94.2 Å². The molecule has 3 aromatic rings. The van der Waals surface area contributed by atoms with Gasteiger partial charge in [-0.25, -0.2) is 4.90 Å². The molecule has 4 rings (SSSR count). The number of imide groups is 1.